The molecule has 1 saturated heterocycles. The van der Waals surface area contributed by atoms with E-state index in [0.717, 1.165) is 31.5 Å². The normalized spacial score (nSPS) is 17.8. The molecule has 2 aromatic carbocycles. The summed E-state index contributed by atoms with van der Waals surface area (Å²) in [5, 5.41) is 3.56. The van der Waals surface area contributed by atoms with Crippen molar-refractivity contribution in [1.29, 1.82) is 0 Å². The number of benzene rings is 2. The van der Waals surface area contributed by atoms with Gasteiger partial charge in [0, 0.05) is 32.0 Å². The Labute approximate surface area is 194 Å². The maximum absolute atomic E-state index is 6.65. The molecule has 1 spiro atoms. The first-order valence-electron chi connectivity index (χ1n) is 11.7. The Morgan fingerprint density at radius 1 is 0.879 bits per heavy atom. The first kappa shape index (κ1) is 21.7. The van der Waals surface area contributed by atoms with Crippen LogP contribution in [0, 0.1) is 0 Å². The highest BCUT2D eigenvalue weighted by atomic mass is 16.7. The van der Waals surface area contributed by atoms with Crippen LogP contribution in [-0.2, 0) is 22.6 Å². The summed E-state index contributed by atoms with van der Waals surface area (Å²) in [6, 6.07) is 21.1. The van der Waals surface area contributed by atoms with Gasteiger partial charge in [-0.15, -0.1) is 0 Å². The van der Waals surface area contributed by atoms with E-state index in [1.807, 2.05) is 12.1 Å². The van der Waals surface area contributed by atoms with Crippen LogP contribution in [0.5, 0.6) is 0 Å². The predicted octanol–water partition coefficient (Wildman–Crippen LogP) is 4.36. The second kappa shape index (κ2) is 9.77. The highest BCUT2D eigenvalue weighted by Gasteiger charge is 2.40. The fourth-order valence-electron chi connectivity index (χ4n) is 4.75. The molecule has 2 aliphatic rings. The van der Waals surface area contributed by atoms with Crippen LogP contribution < -0.4 is 16.0 Å². The van der Waals surface area contributed by atoms with Crippen molar-refractivity contribution in [3.8, 4) is 0 Å². The predicted molar refractivity (Wildman–Crippen MR) is 130 cm³/mol. The Morgan fingerprint density at radius 3 is 2.03 bits per heavy atom. The Balaban J connectivity index is 1.35. The standard InChI is InChI=1S/C26H31N5O2/c27-23-24(30-22-11-13-26(14-12-22)32-15-16-33-26)28-19-29-25(23)31(17-20-7-3-1-4-8-20)18-21-9-5-2-6-10-21/h1-10,19,22H,11-18,27H2,(H,28,29,30). The molecule has 1 aliphatic carbocycles. The molecule has 0 amide bonds. The molecule has 7 nitrogen and oxygen atoms in total. The molecule has 3 N–H and O–H groups in total. The summed E-state index contributed by atoms with van der Waals surface area (Å²) in [4.78, 5) is 11.3. The maximum atomic E-state index is 6.65. The second-order valence-corrected chi connectivity index (χ2v) is 8.81. The Morgan fingerprint density at radius 2 is 1.45 bits per heavy atom. The van der Waals surface area contributed by atoms with E-state index in [2.05, 4.69) is 68.7 Å². The van der Waals surface area contributed by atoms with E-state index < -0.39 is 0 Å². The number of hydrogen-bond acceptors (Lipinski definition) is 7. The molecule has 172 valence electrons. The number of rotatable bonds is 7. The van der Waals surface area contributed by atoms with Gasteiger partial charge in [0.05, 0.1) is 13.2 Å². The molecule has 5 rings (SSSR count). The molecule has 0 bridgehead atoms. The van der Waals surface area contributed by atoms with Gasteiger partial charge in [-0.1, -0.05) is 60.7 Å². The lowest BCUT2D eigenvalue weighted by atomic mass is 9.90. The minimum absolute atomic E-state index is 0.283. The van der Waals surface area contributed by atoms with Crippen molar-refractivity contribution in [1.82, 2.24) is 9.97 Å². The van der Waals surface area contributed by atoms with Gasteiger partial charge >= 0.3 is 0 Å². The lowest BCUT2D eigenvalue weighted by Gasteiger charge is -2.36. The number of aromatic nitrogens is 2. The monoisotopic (exact) mass is 445 g/mol. The molecule has 0 unspecified atom stereocenters. The molecule has 1 aliphatic heterocycles. The van der Waals surface area contributed by atoms with Gasteiger partial charge in [-0.05, 0) is 24.0 Å². The van der Waals surface area contributed by atoms with Crippen LogP contribution in [0.25, 0.3) is 0 Å². The SMILES string of the molecule is Nc1c(NC2CCC3(CC2)OCCO3)ncnc1N(Cc1ccccc1)Cc1ccccc1. The van der Waals surface area contributed by atoms with E-state index in [1.165, 1.54) is 11.1 Å². The van der Waals surface area contributed by atoms with Crippen molar-refractivity contribution in [2.75, 3.05) is 29.2 Å². The van der Waals surface area contributed by atoms with Crippen molar-refractivity contribution >= 4 is 17.3 Å². The molecule has 3 aromatic rings. The number of hydrogen-bond donors (Lipinski definition) is 2. The van der Waals surface area contributed by atoms with Gasteiger partial charge in [0.15, 0.2) is 17.4 Å². The second-order valence-electron chi connectivity index (χ2n) is 8.81. The van der Waals surface area contributed by atoms with Crippen molar-refractivity contribution in [2.24, 2.45) is 0 Å². The molecule has 2 heterocycles. The van der Waals surface area contributed by atoms with Crippen molar-refractivity contribution in [3.05, 3.63) is 78.1 Å². The average Bonchev–Trinajstić information content (AvgIpc) is 3.31. The van der Waals surface area contributed by atoms with E-state index in [4.69, 9.17) is 15.2 Å². The first-order chi connectivity index (χ1) is 16.2. The summed E-state index contributed by atoms with van der Waals surface area (Å²) >= 11 is 0. The van der Waals surface area contributed by atoms with Gasteiger partial charge in [0.25, 0.3) is 0 Å². The van der Waals surface area contributed by atoms with Crippen LogP contribution in [0.2, 0.25) is 0 Å². The number of nitrogens with zero attached hydrogens (tertiary/aromatic N) is 3. The number of ether oxygens (including phenoxy) is 2. The molecule has 2 fully saturated rings. The van der Waals surface area contributed by atoms with Gasteiger partial charge in [-0.2, -0.15) is 0 Å². The Bertz CT molecular complexity index is 990. The molecule has 1 saturated carbocycles. The third kappa shape index (κ3) is 5.10. The number of nitrogens with one attached hydrogen (secondary N) is 1. The molecule has 7 heteroatoms. The van der Waals surface area contributed by atoms with E-state index in [9.17, 15) is 0 Å². The third-order valence-corrected chi connectivity index (χ3v) is 6.50. The van der Waals surface area contributed by atoms with Crippen LogP contribution in [0.15, 0.2) is 67.0 Å². The first-order valence-corrected chi connectivity index (χ1v) is 11.7. The minimum Gasteiger partial charge on any atom is -0.393 e. The lowest BCUT2D eigenvalue weighted by Crippen LogP contribution is -2.39. The summed E-state index contributed by atoms with van der Waals surface area (Å²) in [6.07, 6.45) is 5.28. The van der Waals surface area contributed by atoms with Crippen LogP contribution in [-0.4, -0.2) is 35.0 Å². The van der Waals surface area contributed by atoms with Crippen molar-refractivity contribution in [2.45, 2.75) is 50.6 Å². The average molecular weight is 446 g/mol. The fraction of sp³-hybridized carbons (Fsp3) is 0.385. The van der Waals surface area contributed by atoms with Crippen LogP contribution in [0.4, 0.5) is 17.3 Å². The molecule has 0 atom stereocenters. The van der Waals surface area contributed by atoms with Crippen LogP contribution >= 0.6 is 0 Å². The molecule has 33 heavy (non-hydrogen) atoms. The zero-order valence-electron chi connectivity index (χ0n) is 18.8. The smallest absolute Gasteiger partial charge is 0.168 e. The number of nitrogens with two attached hydrogens (primary N) is 1. The molecule has 1 aromatic heterocycles. The van der Waals surface area contributed by atoms with Crippen molar-refractivity contribution in [3.63, 3.8) is 0 Å². The maximum Gasteiger partial charge on any atom is 0.168 e. The number of anilines is 3. The molecule has 0 radical (unpaired) electrons. The molecular weight excluding hydrogens is 414 g/mol. The lowest BCUT2D eigenvalue weighted by molar-refractivity contribution is -0.177. The van der Waals surface area contributed by atoms with Crippen LogP contribution in [0.3, 0.4) is 0 Å². The van der Waals surface area contributed by atoms with E-state index in [-0.39, 0.29) is 11.8 Å². The van der Waals surface area contributed by atoms with E-state index >= 15 is 0 Å². The number of nitrogen functional groups attached to an aromatic ring is 1. The highest BCUT2D eigenvalue weighted by Crippen LogP contribution is 2.37. The zero-order valence-corrected chi connectivity index (χ0v) is 18.8. The minimum atomic E-state index is -0.372. The van der Waals surface area contributed by atoms with Crippen LogP contribution in [0.1, 0.15) is 36.8 Å². The summed E-state index contributed by atoms with van der Waals surface area (Å²) in [5.41, 5.74) is 9.63. The van der Waals surface area contributed by atoms with Gasteiger partial charge in [-0.25, -0.2) is 9.97 Å². The largest absolute Gasteiger partial charge is 0.393 e. The summed E-state index contributed by atoms with van der Waals surface area (Å²) < 4.78 is 11.7. The Hall–Kier alpha value is -3.16. The molecular formula is C26H31N5O2. The van der Waals surface area contributed by atoms with Gasteiger partial charge < -0.3 is 25.4 Å². The van der Waals surface area contributed by atoms with Gasteiger partial charge in [0.2, 0.25) is 0 Å². The van der Waals surface area contributed by atoms with Crippen molar-refractivity contribution < 1.29 is 9.47 Å². The summed E-state index contributed by atoms with van der Waals surface area (Å²) in [7, 11) is 0. The zero-order chi connectivity index (χ0) is 22.5. The van der Waals surface area contributed by atoms with E-state index in [1.54, 1.807) is 6.33 Å². The summed E-state index contributed by atoms with van der Waals surface area (Å²) in [5.74, 6) is 1.07. The summed E-state index contributed by atoms with van der Waals surface area (Å²) in [6.45, 7) is 2.80. The third-order valence-electron chi connectivity index (χ3n) is 6.50. The Kier molecular flexibility index (Phi) is 6.41. The topological polar surface area (TPSA) is 85.5 Å². The van der Waals surface area contributed by atoms with Gasteiger partial charge in [0.1, 0.15) is 12.0 Å². The van der Waals surface area contributed by atoms with Gasteiger partial charge in [-0.3, -0.25) is 0 Å². The quantitative estimate of drug-likeness (QED) is 0.559. The van der Waals surface area contributed by atoms with E-state index in [0.29, 0.717) is 37.8 Å². The highest BCUT2D eigenvalue weighted by molar-refractivity contribution is 5.75. The fourth-order valence-corrected chi connectivity index (χ4v) is 4.75.